The predicted molar refractivity (Wildman–Crippen MR) is 64.4 cm³/mol. The first-order valence-corrected chi connectivity index (χ1v) is 5.02. The van der Waals surface area contributed by atoms with Crippen molar-refractivity contribution in [3.8, 4) is 5.69 Å². The molecule has 1 aromatic heterocycles. The Morgan fingerprint density at radius 1 is 1.35 bits per heavy atom. The number of carboxylic acids is 1. The molecule has 88 valence electrons. The zero-order valence-electron chi connectivity index (χ0n) is 8.59. The van der Waals surface area contributed by atoms with Gasteiger partial charge in [0.25, 0.3) is 0 Å². The van der Waals surface area contributed by atoms with Crippen LogP contribution in [0.1, 0.15) is 10.4 Å². The highest BCUT2D eigenvalue weighted by Crippen LogP contribution is 2.26. The van der Waals surface area contributed by atoms with E-state index >= 15 is 0 Å². The van der Waals surface area contributed by atoms with Crippen LogP contribution < -0.4 is 11.5 Å². The van der Waals surface area contributed by atoms with E-state index in [9.17, 15) is 4.79 Å². The fraction of sp³-hybridized carbons (Fsp3) is 0. The van der Waals surface area contributed by atoms with Crippen LogP contribution in [0.5, 0.6) is 0 Å². The Balaban J connectivity index is 2.66. The number of nitrogens with two attached hydrogens (primary N) is 2. The van der Waals surface area contributed by atoms with E-state index < -0.39 is 5.97 Å². The number of carbonyl (C=O) groups is 1. The number of anilines is 2. The van der Waals surface area contributed by atoms with Crippen LogP contribution in [0, 0.1) is 0 Å². The lowest BCUT2D eigenvalue weighted by atomic mass is 10.3. The number of hydrogen-bond acceptors (Lipinski definition) is 4. The molecule has 2 rings (SSSR count). The highest BCUT2D eigenvalue weighted by Gasteiger charge is 2.21. The number of rotatable bonds is 2. The van der Waals surface area contributed by atoms with Crippen LogP contribution in [0.15, 0.2) is 24.3 Å². The molecule has 0 unspecified atom stereocenters. The molecule has 0 saturated carbocycles. The molecule has 1 heterocycles. The van der Waals surface area contributed by atoms with Crippen LogP contribution in [-0.4, -0.2) is 20.9 Å². The number of aromatic carboxylic acids is 1. The number of halogens is 1. The normalized spacial score (nSPS) is 10.4. The Morgan fingerprint density at radius 2 is 2.00 bits per heavy atom. The highest BCUT2D eigenvalue weighted by molar-refractivity contribution is 6.32. The van der Waals surface area contributed by atoms with Crippen LogP contribution in [-0.2, 0) is 0 Å². The zero-order valence-corrected chi connectivity index (χ0v) is 9.35. The summed E-state index contributed by atoms with van der Waals surface area (Å²) in [7, 11) is 0. The summed E-state index contributed by atoms with van der Waals surface area (Å²) in [5.74, 6) is -1.42. The topological polar surface area (TPSA) is 107 Å². The fourth-order valence-electron chi connectivity index (χ4n) is 1.47. The van der Waals surface area contributed by atoms with Crippen LogP contribution in [0.4, 0.5) is 11.6 Å². The summed E-state index contributed by atoms with van der Waals surface area (Å²) in [4.78, 5) is 10.9. The average Bonchev–Trinajstić information content (AvgIpc) is 2.55. The van der Waals surface area contributed by atoms with E-state index in [2.05, 4.69) is 5.10 Å². The van der Waals surface area contributed by atoms with Gasteiger partial charge in [-0.2, -0.15) is 0 Å². The maximum Gasteiger partial charge on any atom is 0.343 e. The van der Waals surface area contributed by atoms with Gasteiger partial charge in [0.1, 0.15) is 11.4 Å². The first kappa shape index (κ1) is 11.3. The molecule has 0 aliphatic rings. The van der Waals surface area contributed by atoms with Gasteiger partial charge in [0.2, 0.25) is 0 Å². The van der Waals surface area contributed by atoms with Gasteiger partial charge < -0.3 is 16.6 Å². The summed E-state index contributed by atoms with van der Waals surface area (Å²) in [6.07, 6.45) is 0. The maximum atomic E-state index is 10.9. The number of carboxylic acid groups (broad SMARTS) is 1. The molecule has 5 N–H and O–H groups in total. The summed E-state index contributed by atoms with van der Waals surface area (Å²) in [6, 6.07) is 6.79. The van der Waals surface area contributed by atoms with Gasteiger partial charge in [-0.05, 0) is 12.1 Å². The highest BCUT2D eigenvalue weighted by atomic mass is 35.5. The molecular weight excluding hydrogens is 244 g/mol. The van der Waals surface area contributed by atoms with Gasteiger partial charge in [-0.1, -0.05) is 23.7 Å². The van der Waals surface area contributed by atoms with Gasteiger partial charge >= 0.3 is 5.97 Å². The van der Waals surface area contributed by atoms with Crippen molar-refractivity contribution in [2.75, 3.05) is 11.5 Å². The lowest BCUT2D eigenvalue weighted by Gasteiger charge is -2.05. The molecule has 0 bridgehead atoms. The zero-order chi connectivity index (χ0) is 12.6. The monoisotopic (exact) mass is 252 g/mol. The second kappa shape index (κ2) is 3.99. The van der Waals surface area contributed by atoms with Crippen molar-refractivity contribution in [2.45, 2.75) is 0 Å². The van der Waals surface area contributed by atoms with Crippen molar-refractivity contribution >= 4 is 29.2 Å². The lowest BCUT2D eigenvalue weighted by molar-refractivity contribution is 0.0699. The molecule has 0 fully saturated rings. The van der Waals surface area contributed by atoms with Crippen molar-refractivity contribution in [1.82, 2.24) is 9.78 Å². The SMILES string of the molecule is Nc1nn(-c2ccccc2Cl)c(N)c1C(=O)O. The fourth-order valence-corrected chi connectivity index (χ4v) is 1.69. The molecule has 0 amide bonds. The number of hydrogen-bond donors (Lipinski definition) is 3. The lowest BCUT2D eigenvalue weighted by Crippen LogP contribution is -2.06. The standard InChI is InChI=1S/C10H9ClN4O2/c11-5-3-1-2-4-6(5)15-9(13)7(10(16)17)8(12)14-15/h1-4H,13H2,(H2,12,14)(H,16,17). The first-order chi connectivity index (χ1) is 8.02. The van der Waals surface area contributed by atoms with Gasteiger partial charge in [-0.15, -0.1) is 5.10 Å². The number of para-hydroxylation sites is 1. The Kier molecular flexibility index (Phi) is 2.64. The molecule has 2 aromatic rings. The quantitative estimate of drug-likeness (QED) is 0.749. The Hall–Kier alpha value is -2.21. The molecule has 7 heteroatoms. The minimum absolute atomic E-state index is 0.0527. The molecule has 0 aliphatic carbocycles. The van der Waals surface area contributed by atoms with Gasteiger partial charge in [0.15, 0.2) is 5.82 Å². The molecule has 0 spiro atoms. The van der Waals surface area contributed by atoms with Gasteiger partial charge in [-0.25, -0.2) is 9.48 Å². The molecular formula is C10H9ClN4O2. The average molecular weight is 253 g/mol. The second-order valence-electron chi connectivity index (χ2n) is 3.31. The number of benzene rings is 1. The third-order valence-corrected chi connectivity index (χ3v) is 2.56. The van der Waals surface area contributed by atoms with Crippen LogP contribution in [0.2, 0.25) is 5.02 Å². The number of aromatic nitrogens is 2. The van der Waals surface area contributed by atoms with E-state index in [1.807, 2.05) is 0 Å². The third kappa shape index (κ3) is 1.78. The van der Waals surface area contributed by atoms with E-state index in [-0.39, 0.29) is 17.2 Å². The number of nitrogen functional groups attached to an aromatic ring is 2. The summed E-state index contributed by atoms with van der Waals surface area (Å²) < 4.78 is 1.21. The Morgan fingerprint density at radius 3 is 2.53 bits per heavy atom. The van der Waals surface area contributed by atoms with Crippen LogP contribution >= 0.6 is 11.6 Å². The molecule has 0 atom stereocenters. The van der Waals surface area contributed by atoms with Crippen LogP contribution in [0.3, 0.4) is 0 Å². The summed E-state index contributed by atoms with van der Waals surface area (Å²) in [5, 5.41) is 13.2. The van der Waals surface area contributed by atoms with Crippen LogP contribution in [0.25, 0.3) is 5.69 Å². The van der Waals surface area contributed by atoms with Crippen molar-refractivity contribution in [1.29, 1.82) is 0 Å². The van der Waals surface area contributed by atoms with E-state index in [0.717, 1.165) is 0 Å². The molecule has 0 radical (unpaired) electrons. The van der Waals surface area contributed by atoms with E-state index in [4.69, 9.17) is 28.2 Å². The van der Waals surface area contributed by atoms with Crippen molar-refractivity contribution in [3.63, 3.8) is 0 Å². The Labute approximate surface area is 101 Å². The van der Waals surface area contributed by atoms with Gasteiger partial charge in [-0.3, -0.25) is 0 Å². The molecule has 0 saturated heterocycles. The van der Waals surface area contributed by atoms with E-state index in [0.29, 0.717) is 10.7 Å². The van der Waals surface area contributed by atoms with E-state index in [1.54, 1.807) is 24.3 Å². The van der Waals surface area contributed by atoms with Crippen molar-refractivity contribution in [3.05, 3.63) is 34.9 Å². The Bertz CT molecular complexity index is 594. The molecule has 0 aliphatic heterocycles. The molecule has 17 heavy (non-hydrogen) atoms. The maximum absolute atomic E-state index is 10.9. The minimum atomic E-state index is -1.22. The smallest absolute Gasteiger partial charge is 0.343 e. The third-order valence-electron chi connectivity index (χ3n) is 2.24. The molecule has 6 nitrogen and oxygen atoms in total. The predicted octanol–water partition coefficient (Wildman–Crippen LogP) is 1.39. The first-order valence-electron chi connectivity index (χ1n) is 4.64. The minimum Gasteiger partial charge on any atom is -0.477 e. The van der Waals surface area contributed by atoms with E-state index in [1.165, 1.54) is 4.68 Å². The second-order valence-corrected chi connectivity index (χ2v) is 3.72. The summed E-state index contributed by atoms with van der Waals surface area (Å²) >= 11 is 5.97. The van der Waals surface area contributed by atoms with Crippen molar-refractivity contribution in [2.24, 2.45) is 0 Å². The van der Waals surface area contributed by atoms with Gasteiger partial charge in [0.05, 0.1) is 10.7 Å². The van der Waals surface area contributed by atoms with Crippen molar-refractivity contribution < 1.29 is 9.90 Å². The number of nitrogens with zero attached hydrogens (tertiary/aromatic N) is 2. The summed E-state index contributed by atoms with van der Waals surface area (Å²) in [5.41, 5.74) is 11.4. The van der Waals surface area contributed by atoms with Gasteiger partial charge in [0, 0.05) is 0 Å². The summed E-state index contributed by atoms with van der Waals surface area (Å²) in [6.45, 7) is 0. The molecule has 1 aromatic carbocycles. The largest absolute Gasteiger partial charge is 0.477 e.